The molecule has 1 aliphatic carbocycles. The number of alkyl halides is 1. The monoisotopic (exact) mass is 226 g/mol. The van der Waals surface area contributed by atoms with E-state index >= 15 is 0 Å². The lowest BCUT2D eigenvalue weighted by Gasteiger charge is -2.07. The summed E-state index contributed by atoms with van der Waals surface area (Å²) in [4.78, 5) is 0. The second-order valence-corrected chi connectivity index (χ2v) is 4.21. The smallest absolute Gasteiger partial charge is 0.122 e. The molecule has 0 aromatic heterocycles. The maximum absolute atomic E-state index is 5.83. The predicted octanol–water partition coefficient (Wildman–Crippen LogP) is 3.05. The number of hydrogen-bond acceptors (Lipinski definition) is 2. The Labute approximate surface area is 95.1 Å². The zero-order chi connectivity index (χ0) is 10.8. The number of halogens is 1. The summed E-state index contributed by atoms with van der Waals surface area (Å²) < 4.78 is 10.5. The molecule has 1 aromatic rings. The summed E-state index contributed by atoms with van der Waals surface area (Å²) in [5.41, 5.74) is 1.27. The number of benzene rings is 1. The molecule has 2 rings (SSSR count). The number of rotatable bonds is 4. The summed E-state index contributed by atoms with van der Waals surface area (Å²) in [7, 11) is 3.34. The Morgan fingerprint density at radius 3 is 2.20 bits per heavy atom. The van der Waals surface area contributed by atoms with Gasteiger partial charge in [-0.3, -0.25) is 0 Å². The van der Waals surface area contributed by atoms with E-state index in [9.17, 15) is 0 Å². The highest BCUT2D eigenvalue weighted by atomic mass is 35.5. The lowest BCUT2D eigenvalue weighted by molar-refractivity contribution is 0.393. The van der Waals surface area contributed by atoms with Crippen LogP contribution in [0.1, 0.15) is 17.9 Å². The molecule has 1 saturated carbocycles. The first-order valence-corrected chi connectivity index (χ1v) is 5.61. The molecule has 0 heterocycles. The Bertz CT molecular complexity index is 329. The molecule has 0 spiro atoms. The van der Waals surface area contributed by atoms with E-state index in [2.05, 4.69) is 12.1 Å². The first kappa shape index (κ1) is 10.6. The van der Waals surface area contributed by atoms with Crippen molar-refractivity contribution in [2.24, 2.45) is 5.92 Å². The van der Waals surface area contributed by atoms with Crippen LogP contribution in [0.25, 0.3) is 0 Å². The molecule has 1 fully saturated rings. The van der Waals surface area contributed by atoms with Gasteiger partial charge in [-0.1, -0.05) is 0 Å². The SMILES string of the molecule is COc1cc(OC)cc(C2CC2CCl)c1. The van der Waals surface area contributed by atoms with Gasteiger partial charge in [-0.25, -0.2) is 0 Å². The van der Waals surface area contributed by atoms with Crippen molar-refractivity contribution in [1.82, 2.24) is 0 Å². The first-order chi connectivity index (χ1) is 7.28. The van der Waals surface area contributed by atoms with Gasteiger partial charge in [0, 0.05) is 11.9 Å². The fourth-order valence-electron chi connectivity index (χ4n) is 1.87. The fourth-order valence-corrected chi connectivity index (χ4v) is 2.21. The Morgan fingerprint density at radius 2 is 1.80 bits per heavy atom. The molecule has 1 aliphatic rings. The average Bonchev–Trinajstić information content (AvgIpc) is 3.07. The first-order valence-electron chi connectivity index (χ1n) is 5.07. The molecule has 2 unspecified atom stereocenters. The predicted molar refractivity (Wildman–Crippen MR) is 61.1 cm³/mol. The molecule has 2 atom stereocenters. The Kier molecular flexibility index (Phi) is 3.06. The van der Waals surface area contributed by atoms with Crippen LogP contribution in [0.5, 0.6) is 11.5 Å². The summed E-state index contributed by atoms with van der Waals surface area (Å²) in [5.74, 6) is 3.66. The van der Waals surface area contributed by atoms with Crippen molar-refractivity contribution in [3.63, 3.8) is 0 Å². The summed E-state index contributed by atoms with van der Waals surface area (Å²) >= 11 is 5.83. The molecule has 0 aliphatic heterocycles. The lowest BCUT2D eigenvalue weighted by atomic mass is 10.1. The van der Waals surface area contributed by atoms with Gasteiger partial charge in [-0.2, -0.15) is 0 Å². The van der Waals surface area contributed by atoms with Crippen LogP contribution in [-0.2, 0) is 0 Å². The van der Waals surface area contributed by atoms with E-state index in [4.69, 9.17) is 21.1 Å². The van der Waals surface area contributed by atoms with Crippen molar-refractivity contribution in [3.05, 3.63) is 23.8 Å². The highest BCUT2D eigenvalue weighted by Crippen LogP contribution is 2.49. The molecule has 2 nitrogen and oxygen atoms in total. The molecule has 0 amide bonds. The van der Waals surface area contributed by atoms with Crippen molar-refractivity contribution in [2.75, 3.05) is 20.1 Å². The van der Waals surface area contributed by atoms with E-state index in [0.29, 0.717) is 11.8 Å². The minimum atomic E-state index is 0.589. The molecule has 0 N–H and O–H groups in total. The molecular weight excluding hydrogens is 212 g/mol. The van der Waals surface area contributed by atoms with Crippen molar-refractivity contribution in [1.29, 1.82) is 0 Å². The maximum Gasteiger partial charge on any atom is 0.122 e. The Balaban J connectivity index is 2.23. The van der Waals surface area contributed by atoms with Crippen LogP contribution in [0, 0.1) is 5.92 Å². The van der Waals surface area contributed by atoms with Gasteiger partial charge in [0.05, 0.1) is 14.2 Å². The van der Waals surface area contributed by atoms with E-state index in [1.54, 1.807) is 14.2 Å². The molecular formula is C12H15ClO2. The quantitative estimate of drug-likeness (QED) is 0.735. The normalized spacial score (nSPS) is 23.7. The summed E-state index contributed by atoms with van der Waals surface area (Å²) in [6, 6.07) is 6.03. The summed E-state index contributed by atoms with van der Waals surface area (Å²) in [5, 5.41) is 0. The Morgan fingerprint density at radius 1 is 1.20 bits per heavy atom. The van der Waals surface area contributed by atoms with Gasteiger partial charge in [0.1, 0.15) is 11.5 Å². The molecule has 3 heteroatoms. The molecule has 0 saturated heterocycles. The van der Waals surface area contributed by atoms with Crippen LogP contribution in [-0.4, -0.2) is 20.1 Å². The van der Waals surface area contributed by atoms with Gasteiger partial charge in [-0.05, 0) is 36.0 Å². The van der Waals surface area contributed by atoms with Crippen molar-refractivity contribution >= 4 is 11.6 Å². The van der Waals surface area contributed by atoms with Crippen molar-refractivity contribution in [3.8, 4) is 11.5 Å². The second kappa shape index (κ2) is 4.31. The van der Waals surface area contributed by atoms with E-state index in [0.717, 1.165) is 17.4 Å². The molecule has 82 valence electrons. The summed E-state index contributed by atoms with van der Waals surface area (Å²) in [6.45, 7) is 0. The third-order valence-corrected chi connectivity index (χ3v) is 3.32. The van der Waals surface area contributed by atoms with Gasteiger partial charge in [-0.15, -0.1) is 11.6 Å². The lowest BCUT2D eigenvalue weighted by Crippen LogP contribution is -1.91. The average molecular weight is 227 g/mol. The van der Waals surface area contributed by atoms with Gasteiger partial charge >= 0.3 is 0 Å². The Hall–Kier alpha value is -0.890. The maximum atomic E-state index is 5.83. The third kappa shape index (κ3) is 2.20. The van der Waals surface area contributed by atoms with Gasteiger partial charge in [0.15, 0.2) is 0 Å². The molecule has 0 radical (unpaired) electrons. The zero-order valence-electron chi connectivity index (χ0n) is 9.00. The zero-order valence-corrected chi connectivity index (χ0v) is 9.75. The highest BCUT2D eigenvalue weighted by molar-refractivity contribution is 6.18. The van der Waals surface area contributed by atoms with Crippen LogP contribution in [0.4, 0.5) is 0 Å². The van der Waals surface area contributed by atoms with E-state index < -0.39 is 0 Å². The van der Waals surface area contributed by atoms with Crippen LogP contribution < -0.4 is 9.47 Å². The number of methoxy groups -OCH3 is 2. The molecule has 15 heavy (non-hydrogen) atoms. The van der Waals surface area contributed by atoms with E-state index in [1.807, 2.05) is 6.07 Å². The van der Waals surface area contributed by atoms with Crippen LogP contribution in [0.2, 0.25) is 0 Å². The minimum Gasteiger partial charge on any atom is -0.497 e. The fraction of sp³-hybridized carbons (Fsp3) is 0.500. The van der Waals surface area contributed by atoms with E-state index in [1.165, 1.54) is 12.0 Å². The minimum absolute atomic E-state index is 0.589. The van der Waals surface area contributed by atoms with Gasteiger partial charge < -0.3 is 9.47 Å². The largest absolute Gasteiger partial charge is 0.497 e. The summed E-state index contributed by atoms with van der Waals surface area (Å²) in [6.07, 6.45) is 1.18. The molecule has 1 aromatic carbocycles. The topological polar surface area (TPSA) is 18.5 Å². The molecule has 0 bridgehead atoms. The number of ether oxygens (including phenoxy) is 2. The van der Waals surface area contributed by atoms with Crippen LogP contribution in [0.15, 0.2) is 18.2 Å². The van der Waals surface area contributed by atoms with Crippen LogP contribution >= 0.6 is 11.6 Å². The van der Waals surface area contributed by atoms with Gasteiger partial charge in [0.2, 0.25) is 0 Å². The second-order valence-electron chi connectivity index (χ2n) is 3.90. The highest BCUT2D eigenvalue weighted by Gasteiger charge is 2.37. The van der Waals surface area contributed by atoms with Crippen LogP contribution in [0.3, 0.4) is 0 Å². The standard InChI is InChI=1S/C12H15ClO2/c1-14-10-3-8(4-11(6-10)15-2)12-5-9(12)7-13/h3-4,6,9,12H,5,7H2,1-2H3. The van der Waals surface area contributed by atoms with E-state index in [-0.39, 0.29) is 0 Å². The number of hydrogen-bond donors (Lipinski definition) is 0. The third-order valence-electron chi connectivity index (χ3n) is 2.92. The van der Waals surface area contributed by atoms with Crippen molar-refractivity contribution < 1.29 is 9.47 Å². The van der Waals surface area contributed by atoms with Gasteiger partial charge in [0.25, 0.3) is 0 Å². The van der Waals surface area contributed by atoms with Crippen molar-refractivity contribution in [2.45, 2.75) is 12.3 Å².